The smallest absolute Gasteiger partial charge is 0.224 e. The van der Waals surface area contributed by atoms with Crippen LogP contribution in [0.3, 0.4) is 0 Å². The zero-order valence-electron chi connectivity index (χ0n) is 11.5. The quantitative estimate of drug-likeness (QED) is 0.900. The Balaban J connectivity index is 2.13. The number of nitrogens with zero attached hydrogens (tertiary/aromatic N) is 3. The van der Waals surface area contributed by atoms with Crippen LogP contribution in [0.15, 0.2) is 10.7 Å². The number of aromatic nitrogens is 2. The zero-order chi connectivity index (χ0) is 13.7. The van der Waals surface area contributed by atoms with Gasteiger partial charge in [-0.1, -0.05) is 6.92 Å². The van der Waals surface area contributed by atoms with Crippen LogP contribution in [-0.2, 0) is 4.74 Å². The summed E-state index contributed by atoms with van der Waals surface area (Å²) in [5.74, 6) is 1.65. The summed E-state index contributed by atoms with van der Waals surface area (Å²) in [6.07, 6.45) is 5.42. The summed E-state index contributed by atoms with van der Waals surface area (Å²) >= 11 is 3.54. The van der Waals surface area contributed by atoms with Crippen LogP contribution in [0, 0.1) is 0 Å². The lowest BCUT2D eigenvalue weighted by Gasteiger charge is -2.33. The Morgan fingerprint density at radius 2 is 2.42 bits per heavy atom. The lowest BCUT2D eigenvalue weighted by molar-refractivity contribution is 0.0891. The van der Waals surface area contributed by atoms with E-state index in [1.807, 2.05) is 6.20 Å². The summed E-state index contributed by atoms with van der Waals surface area (Å²) in [7, 11) is 1.78. The van der Waals surface area contributed by atoms with Crippen molar-refractivity contribution in [2.75, 3.05) is 37.0 Å². The number of anilines is 2. The second-order valence-corrected chi connectivity index (χ2v) is 5.59. The number of methoxy groups -OCH3 is 1. The predicted octanol–water partition coefficient (Wildman–Crippen LogP) is 2.68. The predicted molar refractivity (Wildman–Crippen MR) is 80.8 cm³/mol. The fraction of sp³-hybridized carbons (Fsp3) is 0.692. The van der Waals surface area contributed by atoms with Gasteiger partial charge in [-0.3, -0.25) is 0 Å². The number of hydrogen-bond donors (Lipinski definition) is 1. The van der Waals surface area contributed by atoms with E-state index in [9.17, 15) is 0 Å². The first-order valence-electron chi connectivity index (χ1n) is 6.78. The number of rotatable bonds is 5. The van der Waals surface area contributed by atoms with Crippen LogP contribution >= 0.6 is 15.9 Å². The van der Waals surface area contributed by atoms with Crippen molar-refractivity contribution in [1.82, 2.24) is 9.97 Å². The number of halogens is 1. The minimum absolute atomic E-state index is 0.294. The molecule has 0 saturated carbocycles. The Hall–Kier alpha value is -0.880. The molecule has 0 radical (unpaired) electrons. The van der Waals surface area contributed by atoms with Gasteiger partial charge in [0.05, 0.1) is 10.6 Å². The monoisotopic (exact) mass is 328 g/mol. The third kappa shape index (κ3) is 3.79. The molecule has 106 valence electrons. The zero-order valence-corrected chi connectivity index (χ0v) is 13.1. The van der Waals surface area contributed by atoms with Crippen LogP contribution in [0.5, 0.6) is 0 Å². The van der Waals surface area contributed by atoms with Gasteiger partial charge in [0.25, 0.3) is 0 Å². The minimum Gasteiger partial charge on any atom is -0.380 e. The molecule has 1 fully saturated rings. The third-order valence-corrected chi connectivity index (χ3v) is 3.83. The summed E-state index contributed by atoms with van der Waals surface area (Å²) < 4.78 is 6.40. The topological polar surface area (TPSA) is 50.3 Å². The van der Waals surface area contributed by atoms with Crippen molar-refractivity contribution in [1.29, 1.82) is 0 Å². The van der Waals surface area contributed by atoms with Gasteiger partial charge in [-0.15, -0.1) is 0 Å². The van der Waals surface area contributed by atoms with Crippen LogP contribution in [0.2, 0.25) is 0 Å². The number of piperidine rings is 1. The van der Waals surface area contributed by atoms with E-state index in [0.717, 1.165) is 49.2 Å². The molecule has 2 heterocycles. The van der Waals surface area contributed by atoms with Crippen molar-refractivity contribution in [2.45, 2.75) is 32.3 Å². The van der Waals surface area contributed by atoms with Crippen molar-refractivity contribution in [2.24, 2.45) is 0 Å². The maximum Gasteiger partial charge on any atom is 0.224 e. The number of nitrogens with one attached hydrogen (secondary N) is 1. The molecule has 1 unspecified atom stereocenters. The molecule has 1 saturated heterocycles. The Kier molecular flexibility index (Phi) is 5.39. The van der Waals surface area contributed by atoms with E-state index in [-0.39, 0.29) is 0 Å². The highest BCUT2D eigenvalue weighted by Crippen LogP contribution is 2.27. The van der Waals surface area contributed by atoms with Gasteiger partial charge < -0.3 is 15.0 Å². The highest BCUT2D eigenvalue weighted by atomic mass is 79.9. The summed E-state index contributed by atoms with van der Waals surface area (Å²) in [5, 5.41) is 3.23. The SMILES string of the molecule is CCCNc1ncc(Br)c(N2CCCC(OC)C2)n1. The number of hydrogen-bond acceptors (Lipinski definition) is 5. The molecule has 0 bridgehead atoms. The van der Waals surface area contributed by atoms with E-state index in [1.54, 1.807) is 7.11 Å². The van der Waals surface area contributed by atoms with Crippen molar-refractivity contribution < 1.29 is 4.74 Å². The second kappa shape index (κ2) is 7.05. The van der Waals surface area contributed by atoms with Crippen LogP contribution < -0.4 is 10.2 Å². The minimum atomic E-state index is 0.294. The van der Waals surface area contributed by atoms with Crippen LogP contribution in [0.4, 0.5) is 11.8 Å². The molecule has 5 nitrogen and oxygen atoms in total. The molecule has 1 aromatic rings. The Morgan fingerprint density at radius 1 is 1.58 bits per heavy atom. The van der Waals surface area contributed by atoms with Crippen molar-refractivity contribution in [3.63, 3.8) is 0 Å². The summed E-state index contributed by atoms with van der Waals surface area (Å²) in [6.45, 7) is 4.92. The summed E-state index contributed by atoms with van der Waals surface area (Å²) in [5.41, 5.74) is 0. The first-order chi connectivity index (χ1) is 9.24. The van der Waals surface area contributed by atoms with Gasteiger partial charge in [-0.25, -0.2) is 4.98 Å². The highest BCUT2D eigenvalue weighted by Gasteiger charge is 2.22. The molecule has 19 heavy (non-hydrogen) atoms. The molecule has 2 rings (SSSR count). The average molecular weight is 329 g/mol. The second-order valence-electron chi connectivity index (χ2n) is 4.74. The van der Waals surface area contributed by atoms with E-state index in [2.05, 4.69) is 43.0 Å². The average Bonchev–Trinajstić information content (AvgIpc) is 2.46. The van der Waals surface area contributed by atoms with E-state index >= 15 is 0 Å². The normalized spacial score (nSPS) is 19.5. The Bertz CT molecular complexity index is 416. The molecule has 0 spiro atoms. The maximum absolute atomic E-state index is 5.46. The fourth-order valence-electron chi connectivity index (χ4n) is 2.22. The Morgan fingerprint density at radius 3 is 3.16 bits per heavy atom. The van der Waals surface area contributed by atoms with Crippen LogP contribution in [-0.4, -0.2) is 42.8 Å². The van der Waals surface area contributed by atoms with Gasteiger partial charge in [0, 0.05) is 32.9 Å². The van der Waals surface area contributed by atoms with Gasteiger partial charge in [0.15, 0.2) is 0 Å². The van der Waals surface area contributed by atoms with Gasteiger partial charge in [0.1, 0.15) is 5.82 Å². The molecular formula is C13H21BrN4O. The largest absolute Gasteiger partial charge is 0.380 e. The lowest BCUT2D eigenvalue weighted by atomic mass is 10.1. The molecule has 1 aromatic heterocycles. The van der Waals surface area contributed by atoms with E-state index in [0.29, 0.717) is 12.1 Å². The van der Waals surface area contributed by atoms with Gasteiger partial charge in [0.2, 0.25) is 5.95 Å². The standard InChI is InChI=1S/C13H21BrN4O/c1-3-6-15-13-16-8-11(14)12(17-13)18-7-4-5-10(9-18)19-2/h8,10H,3-7,9H2,1-2H3,(H,15,16,17). The molecule has 0 aliphatic carbocycles. The van der Waals surface area contributed by atoms with Gasteiger partial charge in [-0.2, -0.15) is 4.98 Å². The lowest BCUT2D eigenvalue weighted by Crippen LogP contribution is -2.40. The van der Waals surface area contributed by atoms with E-state index in [1.165, 1.54) is 0 Å². The third-order valence-electron chi connectivity index (χ3n) is 3.27. The van der Waals surface area contributed by atoms with E-state index < -0.39 is 0 Å². The van der Waals surface area contributed by atoms with Crippen LogP contribution in [0.1, 0.15) is 26.2 Å². The molecule has 1 atom stereocenters. The van der Waals surface area contributed by atoms with Gasteiger partial charge >= 0.3 is 0 Å². The molecular weight excluding hydrogens is 308 g/mol. The molecule has 0 amide bonds. The molecule has 0 aromatic carbocycles. The number of ether oxygens (including phenoxy) is 1. The summed E-state index contributed by atoms with van der Waals surface area (Å²) in [4.78, 5) is 11.2. The first-order valence-corrected chi connectivity index (χ1v) is 7.58. The fourth-order valence-corrected chi connectivity index (χ4v) is 2.67. The van der Waals surface area contributed by atoms with E-state index in [4.69, 9.17) is 4.74 Å². The summed E-state index contributed by atoms with van der Waals surface area (Å²) in [6, 6.07) is 0. The van der Waals surface area contributed by atoms with Crippen LogP contribution in [0.25, 0.3) is 0 Å². The van der Waals surface area contributed by atoms with Crippen molar-refractivity contribution in [3.05, 3.63) is 10.7 Å². The van der Waals surface area contributed by atoms with Crippen molar-refractivity contribution in [3.8, 4) is 0 Å². The highest BCUT2D eigenvalue weighted by molar-refractivity contribution is 9.10. The molecule has 6 heteroatoms. The maximum atomic E-state index is 5.46. The van der Waals surface area contributed by atoms with Gasteiger partial charge in [-0.05, 0) is 35.2 Å². The Labute approximate surface area is 122 Å². The molecule has 1 aliphatic rings. The first kappa shape index (κ1) is 14.5. The van der Waals surface area contributed by atoms with Crippen molar-refractivity contribution >= 4 is 27.7 Å². The molecule has 1 aliphatic heterocycles. The molecule has 1 N–H and O–H groups in total.